The molecule has 0 unspecified atom stereocenters. The van der Waals surface area contributed by atoms with Crippen LogP contribution in [-0.2, 0) is 38.1 Å². The molecule has 1 N–H and O–H groups in total. The summed E-state index contributed by atoms with van der Waals surface area (Å²) in [5, 5.41) is 11.1. The van der Waals surface area contributed by atoms with Crippen LogP contribution in [-0.4, -0.2) is 33.1 Å². The number of hydrogen-bond donors (Lipinski definition) is 1. The Morgan fingerprint density at radius 1 is 1.07 bits per heavy atom. The van der Waals surface area contributed by atoms with E-state index >= 15 is 0 Å². The Balaban J connectivity index is 1.46. The molecule has 3 aromatic rings. The van der Waals surface area contributed by atoms with Crippen LogP contribution in [0.2, 0.25) is 0 Å². The fraction of sp³-hybridized carbons (Fsp3) is 0.483. The SMILES string of the molecule is Cn1cnnc1CC1(c2cccc(N3Cc4c(cc(CNCC(C)(C)C)cc4C(F)(F)F)C3=O)c2)CC(F)(F)C1. The van der Waals surface area contributed by atoms with Crippen molar-refractivity contribution in [3.8, 4) is 0 Å². The molecular formula is C29H32F5N5O. The summed E-state index contributed by atoms with van der Waals surface area (Å²) in [5.74, 6) is -2.84. The van der Waals surface area contributed by atoms with Gasteiger partial charge in [-0.2, -0.15) is 13.2 Å². The van der Waals surface area contributed by atoms with Gasteiger partial charge in [0, 0.05) is 56.1 Å². The van der Waals surface area contributed by atoms with Gasteiger partial charge in [0.2, 0.25) is 5.92 Å². The van der Waals surface area contributed by atoms with E-state index in [2.05, 4.69) is 15.5 Å². The Morgan fingerprint density at radius 3 is 2.40 bits per heavy atom. The van der Waals surface area contributed by atoms with E-state index in [1.807, 2.05) is 20.8 Å². The number of alkyl halides is 5. The molecule has 5 rings (SSSR count). The van der Waals surface area contributed by atoms with Crippen molar-refractivity contribution in [2.45, 2.75) is 70.6 Å². The molecule has 0 radical (unpaired) electrons. The first-order chi connectivity index (χ1) is 18.6. The highest BCUT2D eigenvalue weighted by molar-refractivity contribution is 6.10. The van der Waals surface area contributed by atoms with Gasteiger partial charge in [0.1, 0.15) is 12.2 Å². The number of aryl methyl sites for hydroxylation is 1. The number of anilines is 1. The lowest BCUT2D eigenvalue weighted by atomic mass is 9.60. The van der Waals surface area contributed by atoms with Gasteiger partial charge in [0.25, 0.3) is 5.91 Å². The van der Waals surface area contributed by atoms with Gasteiger partial charge in [-0.25, -0.2) is 8.78 Å². The number of nitrogens with one attached hydrogen (secondary N) is 1. The van der Waals surface area contributed by atoms with Crippen LogP contribution in [0.15, 0.2) is 42.7 Å². The van der Waals surface area contributed by atoms with Gasteiger partial charge in [-0.15, -0.1) is 10.2 Å². The molecule has 0 spiro atoms. The maximum Gasteiger partial charge on any atom is 0.416 e. The standard InChI is InChI=1S/C29H32F5N5O/c1-26(2,3)16-35-12-18-8-21-22(23(9-18)29(32,33)34)13-39(25(21)40)20-7-5-6-19(10-20)27(14-28(30,31)15-27)11-24-37-36-17-38(24)4/h5-10,17,35H,11-16H2,1-4H3. The fourth-order valence-electron chi connectivity index (χ4n) is 5.76. The van der Waals surface area contributed by atoms with Crippen molar-refractivity contribution in [1.29, 1.82) is 0 Å². The zero-order valence-corrected chi connectivity index (χ0v) is 22.9. The second-order valence-electron chi connectivity index (χ2n) is 12.3. The van der Waals surface area contributed by atoms with Crippen LogP contribution in [0.5, 0.6) is 0 Å². The Bertz CT molecular complexity index is 1430. The number of hydrogen-bond acceptors (Lipinski definition) is 4. The third-order valence-corrected chi connectivity index (χ3v) is 7.66. The summed E-state index contributed by atoms with van der Waals surface area (Å²) in [7, 11) is 1.74. The smallest absolute Gasteiger partial charge is 0.321 e. The molecule has 6 nitrogen and oxygen atoms in total. The van der Waals surface area contributed by atoms with Crippen molar-refractivity contribution in [2.75, 3.05) is 11.4 Å². The highest BCUT2D eigenvalue weighted by Gasteiger charge is 2.57. The van der Waals surface area contributed by atoms with E-state index in [4.69, 9.17) is 0 Å². The Labute approximate surface area is 229 Å². The summed E-state index contributed by atoms with van der Waals surface area (Å²) in [6.07, 6.45) is -3.71. The zero-order valence-electron chi connectivity index (χ0n) is 22.9. The topological polar surface area (TPSA) is 63.1 Å². The predicted molar refractivity (Wildman–Crippen MR) is 140 cm³/mol. The summed E-state index contributed by atoms with van der Waals surface area (Å²) >= 11 is 0. The van der Waals surface area contributed by atoms with E-state index in [-0.39, 0.29) is 36.1 Å². The van der Waals surface area contributed by atoms with E-state index in [9.17, 15) is 26.7 Å². The second kappa shape index (κ2) is 9.64. The highest BCUT2D eigenvalue weighted by Crippen LogP contribution is 2.55. The largest absolute Gasteiger partial charge is 0.416 e. The minimum atomic E-state index is -4.64. The molecule has 40 heavy (non-hydrogen) atoms. The van der Waals surface area contributed by atoms with Gasteiger partial charge in [-0.3, -0.25) is 4.79 Å². The van der Waals surface area contributed by atoms with E-state index in [1.54, 1.807) is 35.9 Å². The van der Waals surface area contributed by atoms with Crippen molar-refractivity contribution >= 4 is 11.6 Å². The van der Waals surface area contributed by atoms with Gasteiger partial charge in [-0.1, -0.05) is 32.9 Å². The highest BCUT2D eigenvalue weighted by atomic mass is 19.4. The lowest BCUT2D eigenvalue weighted by Crippen LogP contribution is -2.51. The average Bonchev–Trinajstić information content (AvgIpc) is 3.38. The lowest BCUT2D eigenvalue weighted by molar-refractivity contribution is -0.138. The Morgan fingerprint density at radius 2 is 1.80 bits per heavy atom. The number of carbonyl (C=O) groups is 1. The lowest BCUT2D eigenvalue weighted by Gasteiger charge is -2.48. The molecular weight excluding hydrogens is 529 g/mol. The van der Waals surface area contributed by atoms with Gasteiger partial charge >= 0.3 is 6.18 Å². The first-order valence-electron chi connectivity index (χ1n) is 13.1. The molecule has 1 aromatic heterocycles. The summed E-state index contributed by atoms with van der Waals surface area (Å²) in [5.41, 5.74) is -0.560. The van der Waals surface area contributed by atoms with Gasteiger partial charge < -0.3 is 14.8 Å². The van der Waals surface area contributed by atoms with Crippen molar-refractivity contribution in [3.05, 3.63) is 76.4 Å². The molecule has 1 aliphatic heterocycles. The molecule has 214 valence electrons. The first-order valence-corrected chi connectivity index (χ1v) is 13.1. The average molecular weight is 562 g/mol. The zero-order chi connectivity index (χ0) is 29.1. The maximum atomic E-state index is 14.2. The summed E-state index contributed by atoms with van der Waals surface area (Å²) in [6.45, 7) is 6.57. The number of halogens is 5. The molecule has 0 saturated heterocycles. The van der Waals surface area contributed by atoms with Crippen LogP contribution >= 0.6 is 0 Å². The van der Waals surface area contributed by atoms with Crippen LogP contribution in [0.4, 0.5) is 27.6 Å². The third-order valence-electron chi connectivity index (χ3n) is 7.66. The number of carbonyl (C=O) groups excluding carboxylic acids is 1. The molecule has 2 aromatic carbocycles. The molecule has 0 atom stereocenters. The molecule has 2 aliphatic rings. The number of nitrogens with zero attached hydrogens (tertiary/aromatic N) is 4. The van der Waals surface area contributed by atoms with Crippen LogP contribution in [0.1, 0.15) is 72.0 Å². The van der Waals surface area contributed by atoms with Crippen LogP contribution in [0, 0.1) is 5.41 Å². The van der Waals surface area contributed by atoms with Crippen molar-refractivity contribution < 1.29 is 26.7 Å². The van der Waals surface area contributed by atoms with E-state index in [1.165, 1.54) is 17.3 Å². The third kappa shape index (κ3) is 5.48. The summed E-state index contributed by atoms with van der Waals surface area (Å²) < 4.78 is 72.5. The molecule has 1 saturated carbocycles. The van der Waals surface area contributed by atoms with Gasteiger partial charge in [0.05, 0.1) is 12.1 Å². The Kier molecular flexibility index (Phi) is 6.80. The number of rotatable bonds is 7. The van der Waals surface area contributed by atoms with E-state index < -0.39 is 41.8 Å². The molecule has 1 aliphatic carbocycles. The maximum absolute atomic E-state index is 14.2. The van der Waals surface area contributed by atoms with Gasteiger partial charge in [-0.05, 0) is 46.4 Å². The Hall–Kier alpha value is -3.34. The number of benzene rings is 2. The summed E-state index contributed by atoms with van der Waals surface area (Å²) in [6, 6.07) is 9.28. The van der Waals surface area contributed by atoms with Gasteiger partial charge in [0.15, 0.2) is 0 Å². The fourth-order valence-corrected chi connectivity index (χ4v) is 5.76. The molecule has 1 fully saturated rings. The first kappa shape index (κ1) is 28.2. The minimum absolute atomic E-state index is 0.0109. The minimum Gasteiger partial charge on any atom is -0.321 e. The van der Waals surface area contributed by atoms with Crippen molar-refractivity contribution in [1.82, 2.24) is 20.1 Å². The van der Waals surface area contributed by atoms with Crippen molar-refractivity contribution in [2.24, 2.45) is 12.5 Å². The molecule has 0 bridgehead atoms. The number of amides is 1. The monoisotopic (exact) mass is 561 g/mol. The molecule has 11 heteroatoms. The predicted octanol–water partition coefficient (Wildman–Crippen LogP) is 6.04. The second-order valence-corrected chi connectivity index (χ2v) is 12.3. The molecule has 1 amide bonds. The van der Waals surface area contributed by atoms with Crippen LogP contribution in [0.3, 0.4) is 0 Å². The van der Waals surface area contributed by atoms with E-state index in [0.29, 0.717) is 29.2 Å². The number of aromatic nitrogens is 3. The van der Waals surface area contributed by atoms with Crippen LogP contribution < -0.4 is 10.2 Å². The molecule has 2 heterocycles. The van der Waals surface area contributed by atoms with Crippen LogP contribution in [0.25, 0.3) is 0 Å². The summed E-state index contributed by atoms with van der Waals surface area (Å²) in [4.78, 5) is 14.8. The van der Waals surface area contributed by atoms with Crippen molar-refractivity contribution in [3.63, 3.8) is 0 Å². The number of fused-ring (bicyclic) bond motifs is 1. The van der Waals surface area contributed by atoms with E-state index in [0.717, 1.165) is 6.07 Å². The normalized spacial score (nSPS) is 18.1. The quantitative estimate of drug-likeness (QED) is 0.358.